The van der Waals surface area contributed by atoms with Crippen LogP contribution in [0.4, 0.5) is 0 Å². The monoisotopic (exact) mass is 346 g/mol. The minimum absolute atomic E-state index is 0.177. The number of nitrogens with zero attached hydrogens (tertiary/aromatic N) is 3. The van der Waals surface area contributed by atoms with Crippen LogP contribution in [0.25, 0.3) is 0 Å². The number of amides is 1. The Morgan fingerprint density at radius 3 is 2.83 bits per heavy atom. The first kappa shape index (κ1) is 16.5. The van der Waals surface area contributed by atoms with E-state index in [9.17, 15) is 4.79 Å². The van der Waals surface area contributed by atoms with E-state index in [4.69, 9.17) is 16.4 Å². The van der Waals surface area contributed by atoms with Crippen molar-refractivity contribution in [1.82, 2.24) is 15.1 Å². The highest BCUT2D eigenvalue weighted by Gasteiger charge is 2.30. The second-order valence-electron chi connectivity index (χ2n) is 5.64. The van der Waals surface area contributed by atoms with Crippen LogP contribution >= 0.6 is 11.6 Å². The molecule has 1 N–H and O–H groups in total. The molecule has 0 spiro atoms. The molecule has 1 amide bonds. The maximum absolute atomic E-state index is 12.3. The van der Waals surface area contributed by atoms with Gasteiger partial charge in [-0.25, -0.2) is 0 Å². The minimum atomic E-state index is -0.600. The third-order valence-corrected chi connectivity index (χ3v) is 4.31. The summed E-state index contributed by atoms with van der Waals surface area (Å²) in [6.45, 7) is 5.25. The van der Waals surface area contributed by atoms with E-state index in [-0.39, 0.29) is 5.91 Å². The van der Waals surface area contributed by atoms with Crippen molar-refractivity contribution in [2.45, 2.75) is 39.5 Å². The lowest BCUT2D eigenvalue weighted by atomic mass is 10.1. The van der Waals surface area contributed by atoms with Crippen LogP contribution in [0, 0.1) is 6.92 Å². The van der Waals surface area contributed by atoms with E-state index in [2.05, 4.69) is 15.6 Å². The largest absolute Gasteiger partial charge is 0.382 e. The molecule has 0 radical (unpaired) electrons. The molecule has 24 heavy (non-hydrogen) atoms. The zero-order valence-corrected chi connectivity index (χ0v) is 14.4. The van der Waals surface area contributed by atoms with Crippen LogP contribution in [0.15, 0.2) is 35.6 Å². The molecule has 3 rings (SSSR count). The summed E-state index contributed by atoms with van der Waals surface area (Å²) < 4.78 is 1.89. The average Bonchev–Trinajstić information content (AvgIpc) is 3.20. The van der Waals surface area contributed by atoms with Gasteiger partial charge in [0.25, 0.3) is 5.91 Å². The highest BCUT2D eigenvalue weighted by Crippen LogP contribution is 2.19. The van der Waals surface area contributed by atoms with Crippen LogP contribution in [0.3, 0.4) is 0 Å². The van der Waals surface area contributed by atoms with Crippen LogP contribution in [-0.4, -0.2) is 27.5 Å². The molecule has 7 heteroatoms. The quantitative estimate of drug-likeness (QED) is 0.905. The summed E-state index contributed by atoms with van der Waals surface area (Å²) in [6.07, 6.45) is 1.62. The molecule has 0 aliphatic carbocycles. The summed E-state index contributed by atoms with van der Waals surface area (Å²) >= 11 is 5.85. The molecule has 2 heterocycles. The standard InChI is InChI=1S/C17H19ClN4O2/c1-3-22-11(2)14(10-20-22)15-8-16(24-21-15)17(23)19-9-12-4-6-13(18)7-5-12/h4-7,10,16H,3,8-9H2,1-2H3,(H,19,23)/t16-/m0/s1. The van der Waals surface area contributed by atoms with Gasteiger partial charge >= 0.3 is 0 Å². The lowest BCUT2D eigenvalue weighted by Crippen LogP contribution is -2.34. The number of halogens is 1. The number of hydrogen-bond donors (Lipinski definition) is 1. The van der Waals surface area contributed by atoms with Crippen molar-refractivity contribution in [1.29, 1.82) is 0 Å². The van der Waals surface area contributed by atoms with E-state index in [1.165, 1.54) is 0 Å². The molecule has 0 unspecified atom stereocenters. The van der Waals surface area contributed by atoms with Gasteiger partial charge in [-0.15, -0.1) is 0 Å². The van der Waals surface area contributed by atoms with E-state index in [0.29, 0.717) is 18.0 Å². The molecule has 126 valence electrons. The van der Waals surface area contributed by atoms with Crippen LogP contribution in [-0.2, 0) is 22.7 Å². The molecule has 1 aromatic heterocycles. The Morgan fingerprint density at radius 1 is 1.42 bits per heavy atom. The molecular formula is C17H19ClN4O2. The molecule has 0 saturated heterocycles. The van der Waals surface area contributed by atoms with Crippen molar-refractivity contribution < 1.29 is 9.63 Å². The number of hydrogen-bond acceptors (Lipinski definition) is 4. The van der Waals surface area contributed by atoms with Gasteiger partial charge in [0.05, 0.1) is 11.9 Å². The van der Waals surface area contributed by atoms with Gasteiger partial charge in [-0.2, -0.15) is 5.10 Å². The number of carbonyl (C=O) groups excluding carboxylic acids is 1. The lowest BCUT2D eigenvalue weighted by Gasteiger charge is -2.09. The fraction of sp³-hybridized carbons (Fsp3) is 0.353. The van der Waals surface area contributed by atoms with E-state index < -0.39 is 6.10 Å². The normalized spacial score (nSPS) is 16.6. The predicted octanol–water partition coefficient (Wildman–Crippen LogP) is 2.67. The molecule has 1 aliphatic heterocycles. The Labute approximate surface area is 145 Å². The fourth-order valence-corrected chi connectivity index (χ4v) is 2.76. The number of aromatic nitrogens is 2. The zero-order valence-electron chi connectivity index (χ0n) is 13.6. The second kappa shape index (κ2) is 7.05. The predicted molar refractivity (Wildman–Crippen MR) is 92.0 cm³/mol. The highest BCUT2D eigenvalue weighted by molar-refractivity contribution is 6.30. The molecular weight excluding hydrogens is 328 g/mol. The third kappa shape index (κ3) is 3.43. The van der Waals surface area contributed by atoms with Gasteiger partial charge in [0.2, 0.25) is 6.10 Å². The Morgan fingerprint density at radius 2 is 2.17 bits per heavy atom. The summed E-state index contributed by atoms with van der Waals surface area (Å²) in [7, 11) is 0. The smallest absolute Gasteiger partial charge is 0.264 e. The highest BCUT2D eigenvalue weighted by atomic mass is 35.5. The van der Waals surface area contributed by atoms with Crippen molar-refractivity contribution in [3.63, 3.8) is 0 Å². The van der Waals surface area contributed by atoms with E-state index >= 15 is 0 Å². The van der Waals surface area contributed by atoms with Gasteiger partial charge in [-0.3, -0.25) is 9.48 Å². The summed E-state index contributed by atoms with van der Waals surface area (Å²) in [5.74, 6) is -0.177. The van der Waals surface area contributed by atoms with Crippen molar-refractivity contribution in [3.8, 4) is 0 Å². The average molecular weight is 347 g/mol. The first-order chi connectivity index (χ1) is 11.6. The van der Waals surface area contributed by atoms with Crippen LogP contribution in [0.1, 0.15) is 30.2 Å². The van der Waals surface area contributed by atoms with E-state index in [0.717, 1.165) is 29.1 Å². The number of aryl methyl sites for hydroxylation is 1. The summed E-state index contributed by atoms with van der Waals surface area (Å²) in [5.41, 5.74) is 3.71. The van der Waals surface area contributed by atoms with Gasteiger partial charge < -0.3 is 10.2 Å². The Hall–Kier alpha value is -2.34. The Balaban J connectivity index is 1.57. The summed E-state index contributed by atoms with van der Waals surface area (Å²) in [4.78, 5) is 17.6. The molecule has 0 fully saturated rings. The summed E-state index contributed by atoms with van der Waals surface area (Å²) in [6, 6.07) is 7.35. The van der Waals surface area contributed by atoms with Gasteiger partial charge in [0.1, 0.15) is 0 Å². The van der Waals surface area contributed by atoms with Crippen LogP contribution in [0.2, 0.25) is 5.02 Å². The first-order valence-electron chi connectivity index (χ1n) is 7.86. The maximum atomic E-state index is 12.3. The topological polar surface area (TPSA) is 68.5 Å². The molecule has 6 nitrogen and oxygen atoms in total. The van der Waals surface area contributed by atoms with Gasteiger partial charge in [-0.05, 0) is 31.5 Å². The lowest BCUT2D eigenvalue weighted by molar-refractivity contribution is -0.131. The number of rotatable bonds is 5. The molecule has 0 saturated carbocycles. The van der Waals surface area contributed by atoms with Crippen molar-refractivity contribution >= 4 is 23.2 Å². The fourth-order valence-electron chi connectivity index (χ4n) is 2.63. The second-order valence-corrected chi connectivity index (χ2v) is 6.08. The van der Waals surface area contributed by atoms with Crippen LogP contribution in [0.5, 0.6) is 0 Å². The SMILES string of the molecule is CCn1ncc(C2=NO[C@H](C(=O)NCc3ccc(Cl)cc3)C2)c1C. The molecule has 2 aromatic rings. The molecule has 1 aromatic carbocycles. The van der Waals surface area contributed by atoms with Crippen molar-refractivity contribution in [2.24, 2.45) is 5.16 Å². The maximum Gasteiger partial charge on any atom is 0.264 e. The van der Waals surface area contributed by atoms with Crippen molar-refractivity contribution in [2.75, 3.05) is 0 Å². The number of nitrogens with one attached hydrogen (secondary N) is 1. The third-order valence-electron chi connectivity index (χ3n) is 4.05. The molecule has 0 bridgehead atoms. The minimum Gasteiger partial charge on any atom is -0.382 e. The Kier molecular flexibility index (Phi) is 4.85. The van der Waals surface area contributed by atoms with Gasteiger partial charge in [-0.1, -0.05) is 28.9 Å². The number of benzene rings is 1. The van der Waals surface area contributed by atoms with Gasteiger partial charge in [0, 0.05) is 35.8 Å². The summed E-state index contributed by atoms with van der Waals surface area (Å²) in [5, 5.41) is 11.9. The zero-order chi connectivity index (χ0) is 17.1. The molecule has 1 aliphatic rings. The van der Waals surface area contributed by atoms with Crippen molar-refractivity contribution in [3.05, 3.63) is 52.3 Å². The van der Waals surface area contributed by atoms with Crippen LogP contribution < -0.4 is 5.32 Å². The van der Waals surface area contributed by atoms with E-state index in [1.54, 1.807) is 18.3 Å². The Bertz CT molecular complexity index is 767. The number of carbonyl (C=O) groups is 1. The van der Waals surface area contributed by atoms with E-state index in [1.807, 2.05) is 30.7 Å². The molecule has 1 atom stereocenters. The number of oxime groups is 1. The first-order valence-corrected chi connectivity index (χ1v) is 8.24. The van der Waals surface area contributed by atoms with Gasteiger partial charge in [0.15, 0.2) is 0 Å².